The van der Waals surface area contributed by atoms with E-state index in [1.54, 1.807) is 0 Å². The van der Waals surface area contributed by atoms with Crippen molar-refractivity contribution in [3.63, 3.8) is 0 Å². The molecule has 1 aliphatic heterocycles. The minimum absolute atomic E-state index is 0.0883. The van der Waals surface area contributed by atoms with Gasteiger partial charge in [0.05, 0.1) is 0 Å². The summed E-state index contributed by atoms with van der Waals surface area (Å²) < 4.78 is 0. The van der Waals surface area contributed by atoms with Crippen molar-refractivity contribution in [1.82, 2.24) is 9.88 Å². The first kappa shape index (κ1) is 11.9. The molecular formula is C16H17N3. The van der Waals surface area contributed by atoms with E-state index < -0.39 is 0 Å². The van der Waals surface area contributed by atoms with Crippen LogP contribution in [0, 0.1) is 0 Å². The van der Waals surface area contributed by atoms with Crippen LogP contribution < -0.4 is 0 Å². The number of aromatic nitrogens is 1. The van der Waals surface area contributed by atoms with Crippen molar-refractivity contribution < 1.29 is 0 Å². The lowest BCUT2D eigenvalue weighted by Crippen LogP contribution is -2.28. The number of benzene rings is 1. The van der Waals surface area contributed by atoms with Gasteiger partial charge >= 0.3 is 0 Å². The zero-order chi connectivity index (χ0) is 13.2. The second-order valence-corrected chi connectivity index (χ2v) is 5.00. The Balaban J connectivity index is 2.11. The highest BCUT2D eigenvalue weighted by Gasteiger charge is 2.23. The van der Waals surface area contributed by atoms with Gasteiger partial charge in [0.2, 0.25) is 0 Å². The molecule has 0 N–H and O–H groups in total. The molecule has 19 heavy (non-hydrogen) atoms. The van der Waals surface area contributed by atoms with Crippen LogP contribution >= 0.6 is 0 Å². The number of likely N-dealkylation sites (N-methyl/N-ethyl adjacent to an activating group) is 1. The number of hydrogen-bond donors (Lipinski definition) is 0. The molecule has 1 atom stereocenters. The van der Waals surface area contributed by atoms with Gasteiger partial charge in [-0.2, -0.15) is 0 Å². The van der Waals surface area contributed by atoms with Gasteiger partial charge in [-0.05, 0) is 28.8 Å². The number of rotatable bonds is 1. The van der Waals surface area contributed by atoms with Crippen LogP contribution in [-0.2, 0) is 6.42 Å². The van der Waals surface area contributed by atoms with Gasteiger partial charge in [0.25, 0.3) is 0 Å². The Bertz CT molecular complexity index is 602. The SMILES string of the molecule is CN(C)C1=NC(c2ccncc2)c2ccccc2C1. The molecule has 0 aliphatic carbocycles. The van der Waals surface area contributed by atoms with Crippen LogP contribution in [-0.4, -0.2) is 29.8 Å². The highest BCUT2D eigenvalue weighted by atomic mass is 15.1. The fourth-order valence-electron chi connectivity index (χ4n) is 2.47. The lowest BCUT2D eigenvalue weighted by molar-refractivity contribution is 0.592. The number of pyridine rings is 1. The van der Waals surface area contributed by atoms with Crippen molar-refractivity contribution in [3.8, 4) is 0 Å². The summed E-state index contributed by atoms with van der Waals surface area (Å²) in [5.41, 5.74) is 3.86. The molecule has 0 spiro atoms. The van der Waals surface area contributed by atoms with Crippen LogP contribution in [0.1, 0.15) is 22.7 Å². The lowest BCUT2D eigenvalue weighted by Gasteiger charge is -2.27. The second-order valence-electron chi connectivity index (χ2n) is 5.00. The highest BCUT2D eigenvalue weighted by Crippen LogP contribution is 2.32. The predicted molar refractivity (Wildman–Crippen MR) is 77.3 cm³/mol. The van der Waals surface area contributed by atoms with E-state index in [0.717, 1.165) is 12.3 Å². The van der Waals surface area contributed by atoms with Gasteiger partial charge in [0, 0.05) is 32.9 Å². The van der Waals surface area contributed by atoms with E-state index in [1.807, 2.05) is 24.5 Å². The van der Waals surface area contributed by atoms with Crippen molar-refractivity contribution in [2.24, 2.45) is 4.99 Å². The monoisotopic (exact) mass is 251 g/mol. The molecule has 0 saturated heterocycles. The number of hydrogen-bond acceptors (Lipinski definition) is 3. The number of amidine groups is 1. The molecule has 2 heterocycles. The molecule has 1 aromatic carbocycles. The van der Waals surface area contributed by atoms with Crippen molar-refractivity contribution >= 4 is 5.84 Å². The maximum Gasteiger partial charge on any atom is 0.104 e. The molecule has 2 aromatic rings. The molecule has 96 valence electrons. The van der Waals surface area contributed by atoms with Gasteiger partial charge in [-0.15, -0.1) is 0 Å². The van der Waals surface area contributed by atoms with Crippen molar-refractivity contribution in [2.75, 3.05) is 14.1 Å². The quantitative estimate of drug-likeness (QED) is 0.779. The van der Waals surface area contributed by atoms with E-state index in [4.69, 9.17) is 4.99 Å². The summed E-state index contributed by atoms with van der Waals surface area (Å²) in [7, 11) is 4.10. The van der Waals surface area contributed by atoms with Crippen LogP contribution in [0.25, 0.3) is 0 Å². The normalized spacial score (nSPS) is 17.6. The Labute approximate surface area is 113 Å². The van der Waals surface area contributed by atoms with Crippen LogP contribution in [0.3, 0.4) is 0 Å². The van der Waals surface area contributed by atoms with Gasteiger partial charge in [0.15, 0.2) is 0 Å². The van der Waals surface area contributed by atoms with Crippen molar-refractivity contribution in [3.05, 3.63) is 65.5 Å². The van der Waals surface area contributed by atoms with E-state index in [2.05, 4.69) is 48.2 Å². The molecule has 0 radical (unpaired) electrons. The van der Waals surface area contributed by atoms with Gasteiger partial charge < -0.3 is 4.90 Å². The summed E-state index contributed by atoms with van der Waals surface area (Å²) in [6.07, 6.45) is 4.57. The van der Waals surface area contributed by atoms with Crippen molar-refractivity contribution in [1.29, 1.82) is 0 Å². The second kappa shape index (κ2) is 4.84. The fraction of sp³-hybridized carbons (Fsp3) is 0.250. The minimum atomic E-state index is 0.0883. The summed E-state index contributed by atoms with van der Waals surface area (Å²) in [6.45, 7) is 0. The first-order valence-electron chi connectivity index (χ1n) is 6.47. The number of fused-ring (bicyclic) bond motifs is 1. The molecule has 0 saturated carbocycles. The molecule has 1 aliphatic rings. The van der Waals surface area contributed by atoms with Crippen molar-refractivity contribution in [2.45, 2.75) is 12.5 Å². The van der Waals surface area contributed by atoms with E-state index in [-0.39, 0.29) is 6.04 Å². The van der Waals surface area contributed by atoms with E-state index >= 15 is 0 Å². The topological polar surface area (TPSA) is 28.5 Å². The van der Waals surface area contributed by atoms with Gasteiger partial charge in [-0.25, -0.2) is 0 Å². The first-order valence-corrected chi connectivity index (χ1v) is 6.47. The van der Waals surface area contributed by atoms with E-state index in [9.17, 15) is 0 Å². The summed E-state index contributed by atoms with van der Waals surface area (Å²) in [5, 5.41) is 0. The number of aliphatic imine (C=N–C) groups is 1. The van der Waals surface area contributed by atoms with Crippen LogP contribution in [0.4, 0.5) is 0 Å². The molecule has 0 amide bonds. The third kappa shape index (κ3) is 2.24. The third-order valence-corrected chi connectivity index (χ3v) is 3.51. The van der Waals surface area contributed by atoms with Crippen LogP contribution in [0.15, 0.2) is 53.8 Å². The first-order chi connectivity index (χ1) is 9.25. The van der Waals surface area contributed by atoms with Crippen LogP contribution in [0.5, 0.6) is 0 Å². The van der Waals surface area contributed by atoms with Gasteiger partial charge in [-0.3, -0.25) is 9.98 Å². The number of nitrogens with zero attached hydrogens (tertiary/aromatic N) is 3. The third-order valence-electron chi connectivity index (χ3n) is 3.51. The molecular weight excluding hydrogens is 234 g/mol. The standard InChI is InChI=1S/C16H17N3/c1-19(2)15-11-13-5-3-4-6-14(13)16(18-15)12-7-9-17-10-8-12/h3-10,16H,11H2,1-2H3. The zero-order valence-electron chi connectivity index (χ0n) is 11.2. The summed E-state index contributed by atoms with van der Waals surface area (Å²) in [4.78, 5) is 11.1. The molecule has 0 fully saturated rings. The maximum atomic E-state index is 4.91. The Morgan fingerprint density at radius 1 is 1.05 bits per heavy atom. The average molecular weight is 251 g/mol. The predicted octanol–water partition coefficient (Wildman–Crippen LogP) is 2.69. The summed E-state index contributed by atoms with van der Waals surface area (Å²) in [5.74, 6) is 1.13. The molecule has 3 rings (SSSR count). The van der Waals surface area contributed by atoms with Gasteiger partial charge in [-0.1, -0.05) is 24.3 Å². The molecule has 0 bridgehead atoms. The van der Waals surface area contributed by atoms with Crippen LogP contribution in [0.2, 0.25) is 0 Å². The van der Waals surface area contributed by atoms with Gasteiger partial charge in [0.1, 0.15) is 11.9 Å². The molecule has 1 aromatic heterocycles. The van der Waals surface area contributed by atoms with E-state index in [1.165, 1.54) is 16.7 Å². The summed E-state index contributed by atoms with van der Waals surface area (Å²) in [6, 6.07) is 12.7. The Morgan fingerprint density at radius 2 is 1.79 bits per heavy atom. The Kier molecular flexibility index (Phi) is 3.03. The average Bonchev–Trinajstić information content (AvgIpc) is 2.47. The zero-order valence-corrected chi connectivity index (χ0v) is 11.2. The maximum absolute atomic E-state index is 4.91. The smallest absolute Gasteiger partial charge is 0.104 e. The minimum Gasteiger partial charge on any atom is -0.366 e. The molecule has 3 heteroatoms. The lowest BCUT2D eigenvalue weighted by atomic mass is 9.91. The Morgan fingerprint density at radius 3 is 2.53 bits per heavy atom. The highest BCUT2D eigenvalue weighted by molar-refractivity contribution is 5.86. The largest absolute Gasteiger partial charge is 0.366 e. The van der Waals surface area contributed by atoms with E-state index in [0.29, 0.717) is 0 Å². The Hall–Kier alpha value is -2.16. The molecule has 1 unspecified atom stereocenters. The summed E-state index contributed by atoms with van der Waals surface area (Å²) >= 11 is 0. The molecule has 3 nitrogen and oxygen atoms in total. The fourth-order valence-corrected chi connectivity index (χ4v) is 2.47.